The zero-order valence-corrected chi connectivity index (χ0v) is 19.6. The van der Waals surface area contributed by atoms with Crippen LogP contribution < -0.4 is 9.62 Å². The van der Waals surface area contributed by atoms with Crippen LogP contribution in [-0.4, -0.2) is 35.4 Å². The molecule has 0 fully saturated rings. The molecule has 1 amide bonds. The van der Waals surface area contributed by atoms with E-state index in [1.165, 1.54) is 28.1 Å². The number of rotatable bonds is 5. The average molecular weight is 500 g/mol. The molecule has 1 N–H and O–H groups in total. The predicted molar refractivity (Wildman–Crippen MR) is 126 cm³/mol. The summed E-state index contributed by atoms with van der Waals surface area (Å²) in [5.74, 6) is -1.06. The molecule has 0 bridgehead atoms. The average Bonchev–Trinajstić information content (AvgIpc) is 3.40. The summed E-state index contributed by atoms with van der Waals surface area (Å²) >= 11 is 6.36. The van der Waals surface area contributed by atoms with Crippen LogP contribution >= 0.6 is 11.6 Å². The molecule has 4 aromatic rings. The van der Waals surface area contributed by atoms with E-state index in [2.05, 4.69) is 15.3 Å². The number of hydrogen-bond acceptors (Lipinski definition) is 5. The highest BCUT2D eigenvalue weighted by atomic mass is 35.5. The van der Waals surface area contributed by atoms with E-state index in [-0.39, 0.29) is 34.4 Å². The second kappa shape index (κ2) is 8.37. The number of amides is 1. The van der Waals surface area contributed by atoms with Crippen LogP contribution in [0.15, 0.2) is 59.8 Å². The van der Waals surface area contributed by atoms with Crippen molar-refractivity contribution < 1.29 is 17.6 Å². The van der Waals surface area contributed by atoms with E-state index in [4.69, 9.17) is 11.6 Å². The van der Waals surface area contributed by atoms with Crippen LogP contribution in [0.25, 0.3) is 10.9 Å². The molecule has 0 saturated carbocycles. The Labute approximate surface area is 200 Å². The molecule has 1 aromatic carbocycles. The van der Waals surface area contributed by atoms with Gasteiger partial charge in [-0.2, -0.15) is 0 Å². The number of carbonyl (C=O) groups is 1. The quantitative estimate of drug-likeness (QED) is 0.453. The van der Waals surface area contributed by atoms with Gasteiger partial charge in [0.15, 0.2) is 0 Å². The van der Waals surface area contributed by atoms with Crippen LogP contribution in [0.2, 0.25) is 5.15 Å². The van der Waals surface area contributed by atoms with Crippen molar-refractivity contribution in [2.75, 3.05) is 10.8 Å². The lowest BCUT2D eigenvalue weighted by atomic mass is 10.1. The zero-order chi connectivity index (χ0) is 24.0. The van der Waals surface area contributed by atoms with Gasteiger partial charge in [-0.25, -0.2) is 12.8 Å². The molecule has 1 aliphatic rings. The Morgan fingerprint density at radius 3 is 2.76 bits per heavy atom. The Morgan fingerprint density at radius 2 is 1.94 bits per heavy atom. The number of halogens is 2. The number of sulfonamides is 1. The van der Waals surface area contributed by atoms with Crippen LogP contribution in [-0.2, 0) is 30.0 Å². The standard InChI is InChI=1S/C23H19ClFN5O3S/c1-29-20(23(31)28-13-15-14-4-2-9-26-17(14)7-6-16(15)25)12-21(22(29)24)34(32,33)30-11-8-18-19(30)5-3-10-27-18/h2-7,9-10,12H,8,11,13H2,1H3,(H,28,31). The smallest absolute Gasteiger partial charge is 0.268 e. The van der Waals surface area contributed by atoms with E-state index in [0.29, 0.717) is 28.7 Å². The summed E-state index contributed by atoms with van der Waals surface area (Å²) < 4.78 is 43.8. The second-order valence-electron chi connectivity index (χ2n) is 7.82. The number of anilines is 1. The molecule has 8 nitrogen and oxygen atoms in total. The maximum absolute atomic E-state index is 14.5. The van der Waals surface area contributed by atoms with E-state index in [9.17, 15) is 17.6 Å². The van der Waals surface area contributed by atoms with Crippen LogP contribution in [0.3, 0.4) is 0 Å². The Kier molecular flexibility index (Phi) is 5.49. The van der Waals surface area contributed by atoms with E-state index >= 15 is 0 Å². The summed E-state index contributed by atoms with van der Waals surface area (Å²) in [4.78, 5) is 21.2. The summed E-state index contributed by atoms with van der Waals surface area (Å²) in [7, 11) is -2.53. The molecular formula is C23H19ClFN5O3S. The number of nitrogens with one attached hydrogen (secondary N) is 1. The first-order valence-corrected chi connectivity index (χ1v) is 12.2. The van der Waals surface area contributed by atoms with E-state index in [1.54, 1.807) is 42.7 Å². The first-order chi connectivity index (χ1) is 16.3. The Hall–Kier alpha value is -3.50. The fourth-order valence-electron chi connectivity index (χ4n) is 4.12. The minimum Gasteiger partial charge on any atom is -0.347 e. The molecule has 174 valence electrons. The molecule has 1 aliphatic heterocycles. The van der Waals surface area contributed by atoms with Gasteiger partial charge in [0.1, 0.15) is 21.6 Å². The van der Waals surface area contributed by atoms with Gasteiger partial charge in [-0.3, -0.25) is 19.1 Å². The first-order valence-electron chi connectivity index (χ1n) is 10.4. The Balaban J connectivity index is 1.44. The number of nitrogens with zero attached hydrogens (tertiary/aromatic N) is 4. The summed E-state index contributed by atoms with van der Waals surface area (Å²) in [6.07, 6.45) is 3.70. The fourth-order valence-corrected chi connectivity index (χ4v) is 6.16. The fraction of sp³-hybridized carbons (Fsp3) is 0.174. The lowest BCUT2D eigenvalue weighted by Crippen LogP contribution is -2.29. The van der Waals surface area contributed by atoms with E-state index in [0.717, 1.165) is 0 Å². The van der Waals surface area contributed by atoms with Crippen molar-refractivity contribution in [3.05, 3.63) is 82.8 Å². The third-order valence-electron chi connectivity index (χ3n) is 5.88. The molecule has 0 saturated heterocycles. The number of hydrogen-bond donors (Lipinski definition) is 1. The van der Waals surface area contributed by atoms with Gasteiger partial charge < -0.3 is 9.88 Å². The lowest BCUT2D eigenvalue weighted by molar-refractivity contribution is 0.0942. The van der Waals surface area contributed by atoms with Crippen LogP contribution in [0.5, 0.6) is 0 Å². The summed E-state index contributed by atoms with van der Waals surface area (Å²) in [6, 6.07) is 10.9. The summed E-state index contributed by atoms with van der Waals surface area (Å²) in [5, 5.41) is 3.15. The molecule has 3 aromatic heterocycles. The molecule has 0 atom stereocenters. The van der Waals surface area contributed by atoms with Crippen LogP contribution in [0.1, 0.15) is 21.7 Å². The lowest BCUT2D eigenvalue weighted by Gasteiger charge is -2.18. The normalized spacial score (nSPS) is 13.3. The van der Waals surface area contributed by atoms with Gasteiger partial charge in [-0.05, 0) is 36.4 Å². The largest absolute Gasteiger partial charge is 0.347 e. The number of benzene rings is 1. The van der Waals surface area contributed by atoms with Gasteiger partial charge in [-0.15, -0.1) is 0 Å². The maximum atomic E-state index is 14.5. The van der Waals surface area contributed by atoms with E-state index < -0.39 is 21.7 Å². The van der Waals surface area contributed by atoms with Crippen molar-refractivity contribution in [1.82, 2.24) is 19.9 Å². The summed E-state index contributed by atoms with van der Waals surface area (Å²) in [5.41, 5.74) is 2.10. The van der Waals surface area contributed by atoms with Gasteiger partial charge in [0.2, 0.25) is 0 Å². The number of pyridine rings is 2. The van der Waals surface area contributed by atoms with Crippen molar-refractivity contribution in [3.63, 3.8) is 0 Å². The van der Waals surface area contributed by atoms with Crippen molar-refractivity contribution in [1.29, 1.82) is 0 Å². The Morgan fingerprint density at radius 1 is 1.18 bits per heavy atom. The number of carbonyl (C=O) groups excluding carboxylic acids is 1. The number of fused-ring (bicyclic) bond motifs is 2. The summed E-state index contributed by atoms with van der Waals surface area (Å²) in [6.45, 7) is 0.125. The molecule has 0 spiro atoms. The predicted octanol–water partition coefficient (Wildman–Crippen LogP) is 3.44. The highest BCUT2D eigenvalue weighted by Crippen LogP contribution is 2.35. The van der Waals surface area contributed by atoms with Gasteiger partial charge >= 0.3 is 0 Å². The van der Waals surface area contributed by atoms with Crippen LogP contribution in [0, 0.1) is 5.82 Å². The number of aromatic nitrogens is 3. The highest BCUT2D eigenvalue weighted by Gasteiger charge is 2.35. The van der Waals surface area contributed by atoms with Crippen molar-refractivity contribution in [2.45, 2.75) is 17.9 Å². The minimum atomic E-state index is -4.03. The molecular weight excluding hydrogens is 481 g/mol. The molecule has 0 aliphatic carbocycles. The van der Waals surface area contributed by atoms with Crippen molar-refractivity contribution in [3.8, 4) is 0 Å². The highest BCUT2D eigenvalue weighted by molar-refractivity contribution is 7.93. The maximum Gasteiger partial charge on any atom is 0.268 e. The van der Waals surface area contributed by atoms with Crippen molar-refractivity contribution in [2.24, 2.45) is 7.05 Å². The van der Waals surface area contributed by atoms with Gasteiger partial charge in [0.05, 0.1) is 16.9 Å². The third-order valence-corrected chi connectivity index (χ3v) is 8.28. The van der Waals surface area contributed by atoms with Crippen molar-refractivity contribution >= 4 is 44.1 Å². The molecule has 34 heavy (non-hydrogen) atoms. The van der Waals surface area contributed by atoms with Gasteiger partial charge in [0.25, 0.3) is 15.9 Å². The first kappa shape index (κ1) is 22.3. The molecule has 0 unspecified atom stereocenters. The third kappa shape index (κ3) is 3.59. The van der Waals surface area contributed by atoms with Crippen LogP contribution in [0.4, 0.5) is 10.1 Å². The molecule has 0 radical (unpaired) electrons. The zero-order valence-electron chi connectivity index (χ0n) is 18.0. The monoisotopic (exact) mass is 499 g/mol. The Bertz CT molecular complexity index is 1550. The topological polar surface area (TPSA) is 97.2 Å². The molecule has 11 heteroatoms. The van der Waals surface area contributed by atoms with Gasteiger partial charge in [0, 0.05) is 49.9 Å². The molecule has 5 rings (SSSR count). The SMILES string of the molecule is Cn1c(C(=O)NCc2c(F)ccc3ncccc23)cc(S(=O)(=O)N2CCc3ncccc32)c1Cl. The van der Waals surface area contributed by atoms with E-state index in [1.807, 2.05) is 0 Å². The minimum absolute atomic E-state index is 0.0351. The second-order valence-corrected chi connectivity index (χ2v) is 10.0. The van der Waals surface area contributed by atoms with Gasteiger partial charge in [-0.1, -0.05) is 17.7 Å². The molecule has 4 heterocycles.